The average Bonchev–Trinajstić information content (AvgIpc) is 3.27. The zero-order chi connectivity index (χ0) is 15.2. The molecule has 0 saturated heterocycles. The first kappa shape index (κ1) is 15.8. The average molecular weight is 291 g/mol. The van der Waals surface area contributed by atoms with Gasteiger partial charge in [-0.15, -0.1) is 0 Å². The summed E-state index contributed by atoms with van der Waals surface area (Å²) in [6.45, 7) is 4.53. The SMILES string of the molecule is Cc1ccc(C)c(OCCC(=O)NC(CCO)C2CC2)c1. The van der Waals surface area contributed by atoms with Crippen LogP contribution >= 0.6 is 0 Å². The van der Waals surface area contributed by atoms with Crippen LogP contribution < -0.4 is 10.1 Å². The van der Waals surface area contributed by atoms with Crippen molar-refractivity contribution in [2.75, 3.05) is 13.2 Å². The van der Waals surface area contributed by atoms with Crippen molar-refractivity contribution in [2.45, 2.75) is 45.6 Å². The van der Waals surface area contributed by atoms with Gasteiger partial charge in [0, 0.05) is 12.6 Å². The van der Waals surface area contributed by atoms with Gasteiger partial charge in [-0.05, 0) is 56.2 Å². The van der Waals surface area contributed by atoms with Crippen molar-refractivity contribution in [3.63, 3.8) is 0 Å². The largest absolute Gasteiger partial charge is 0.493 e. The Kier molecular flexibility index (Phi) is 5.62. The lowest BCUT2D eigenvalue weighted by atomic mass is 10.1. The third kappa shape index (κ3) is 5.05. The molecule has 1 fully saturated rings. The molecule has 1 saturated carbocycles. The number of nitrogens with one attached hydrogen (secondary N) is 1. The first-order chi connectivity index (χ1) is 10.1. The molecule has 2 rings (SSSR count). The number of carbonyl (C=O) groups excluding carboxylic acids is 1. The highest BCUT2D eigenvalue weighted by Crippen LogP contribution is 2.33. The molecule has 2 N–H and O–H groups in total. The predicted molar refractivity (Wildman–Crippen MR) is 82.4 cm³/mol. The molecule has 4 heteroatoms. The molecule has 4 nitrogen and oxygen atoms in total. The number of hydrogen-bond donors (Lipinski definition) is 2. The summed E-state index contributed by atoms with van der Waals surface area (Å²) in [5, 5.41) is 12.0. The minimum absolute atomic E-state index is 0.00524. The summed E-state index contributed by atoms with van der Waals surface area (Å²) in [7, 11) is 0. The molecule has 0 heterocycles. The van der Waals surface area contributed by atoms with Crippen molar-refractivity contribution in [2.24, 2.45) is 5.92 Å². The van der Waals surface area contributed by atoms with Gasteiger partial charge in [-0.25, -0.2) is 0 Å². The van der Waals surface area contributed by atoms with E-state index < -0.39 is 0 Å². The summed E-state index contributed by atoms with van der Waals surface area (Å²) in [6.07, 6.45) is 3.31. The lowest BCUT2D eigenvalue weighted by Crippen LogP contribution is -2.37. The van der Waals surface area contributed by atoms with Crippen LogP contribution in [0.15, 0.2) is 18.2 Å². The number of rotatable bonds is 8. The Morgan fingerprint density at radius 3 is 2.86 bits per heavy atom. The third-order valence-corrected chi connectivity index (χ3v) is 3.91. The van der Waals surface area contributed by atoms with Crippen LogP contribution in [0.25, 0.3) is 0 Å². The van der Waals surface area contributed by atoms with Gasteiger partial charge in [0.2, 0.25) is 5.91 Å². The number of carbonyl (C=O) groups is 1. The Morgan fingerprint density at radius 2 is 2.19 bits per heavy atom. The highest BCUT2D eigenvalue weighted by atomic mass is 16.5. The van der Waals surface area contributed by atoms with Crippen LogP contribution in [-0.2, 0) is 4.79 Å². The van der Waals surface area contributed by atoms with Crippen LogP contribution in [0, 0.1) is 19.8 Å². The Hall–Kier alpha value is -1.55. The number of benzene rings is 1. The molecule has 1 unspecified atom stereocenters. The van der Waals surface area contributed by atoms with E-state index in [0.717, 1.165) is 29.7 Å². The van der Waals surface area contributed by atoms with Crippen molar-refractivity contribution < 1.29 is 14.6 Å². The molecule has 0 aliphatic heterocycles. The van der Waals surface area contributed by atoms with E-state index in [1.165, 1.54) is 0 Å². The molecule has 1 amide bonds. The van der Waals surface area contributed by atoms with Gasteiger partial charge in [0.25, 0.3) is 0 Å². The first-order valence-corrected chi connectivity index (χ1v) is 7.70. The molecule has 0 bridgehead atoms. The van der Waals surface area contributed by atoms with E-state index in [0.29, 0.717) is 25.4 Å². The van der Waals surface area contributed by atoms with Crippen molar-refractivity contribution in [1.29, 1.82) is 0 Å². The standard InChI is InChI=1S/C17H25NO3/c1-12-3-4-13(2)16(11-12)21-10-8-17(20)18-15(7-9-19)14-5-6-14/h3-4,11,14-15,19H,5-10H2,1-2H3,(H,18,20). The third-order valence-electron chi connectivity index (χ3n) is 3.91. The number of aliphatic hydroxyl groups is 1. The van der Waals surface area contributed by atoms with Gasteiger partial charge < -0.3 is 15.2 Å². The summed E-state index contributed by atoms with van der Waals surface area (Å²) < 4.78 is 5.70. The summed E-state index contributed by atoms with van der Waals surface area (Å²) in [5.41, 5.74) is 2.23. The topological polar surface area (TPSA) is 58.6 Å². The van der Waals surface area contributed by atoms with E-state index in [-0.39, 0.29) is 18.6 Å². The lowest BCUT2D eigenvalue weighted by Gasteiger charge is -2.17. The fourth-order valence-corrected chi connectivity index (χ4v) is 2.46. The predicted octanol–water partition coefficient (Wildman–Crippen LogP) is 2.35. The van der Waals surface area contributed by atoms with E-state index in [2.05, 4.69) is 5.32 Å². The van der Waals surface area contributed by atoms with Crippen molar-refractivity contribution in [1.82, 2.24) is 5.32 Å². The van der Waals surface area contributed by atoms with E-state index in [1.54, 1.807) is 0 Å². The Morgan fingerprint density at radius 1 is 1.43 bits per heavy atom. The van der Waals surface area contributed by atoms with E-state index in [4.69, 9.17) is 9.84 Å². The molecule has 21 heavy (non-hydrogen) atoms. The van der Waals surface area contributed by atoms with Gasteiger partial charge in [-0.1, -0.05) is 12.1 Å². The van der Waals surface area contributed by atoms with Crippen LogP contribution in [0.3, 0.4) is 0 Å². The van der Waals surface area contributed by atoms with Gasteiger partial charge in [-0.2, -0.15) is 0 Å². The highest BCUT2D eigenvalue weighted by Gasteiger charge is 2.31. The summed E-state index contributed by atoms with van der Waals surface area (Å²) in [5.74, 6) is 1.41. The van der Waals surface area contributed by atoms with Crippen LogP contribution in [0.2, 0.25) is 0 Å². The van der Waals surface area contributed by atoms with Crippen molar-refractivity contribution >= 4 is 5.91 Å². The number of hydrogen-bond acceptors (Lipinski definition) is 3. The lowest BCUT2D eigenvalue weighted by molar-refractivity contribution is -0.122. The normalized spacial score (nSPS) is 15.6. The number of aryl methyl sites for hydroxylation is 2. The van der Waals surface area contributed by atoms with Gasteiger partial charge >= 0.3 is 0 Å². The highest BCUT2D eigenvalue weighted by molar-refractivity contribution is 5.76. The molecule has 1 aromatic rings. The van der Waals surface area contributed by atoms with Gasteiger partial charge in [-0.3, -0.25) is 4.79 Å². The minimum Gasteiger partial charge on any atom is -0.493 e. The second kappa shape index (κ2) is 7.46. The molecule has 0 spiro atoms. The van der Waals surface area contributed by atoms with Crippen molar-refractivity contribution in [3.8, 4) is 5.75 Å². The number of aliphatic hydroxyl groups excluding tert-OH is 1. The number of ether oxygens (including phenoxy) is 1. The molecule has 0 radical (unpaired) electrons. The molecule has 1 atom stereocenters. The zero-order valence-corrected chi connectivity index (χ0v) is 12.9. The molecule has 1 aliphatic carbocycles. The van der Waals surface area contributed by atoms with Gasteiger partial charge in [0.1, 0.15) is 5.75 Å². The fraction of sp³-hybridized carbons (Fsp3) is 0.588. The minimum atomic E-state index is 0.00524. The quantitative estimate of drug-likeness (QED) is 0.773. The van der Waals surface area contributed by atoms with Crippen molar-refractivity contribution in [3.05, 3.63) is 29.3 Å². The summed E-state index contributed by atoms with van der Waals surface area (Å²) in [4.78, 5) is 11.9. The second-order valence-corrected chi connectivity index (χ2v) is 5.89. The molecule has 116 valence electrons. The monoisotopic (exact) mass is 291 g/mol. The molecule has 1 aliphatic rings. The Labute approximate surface area is 126 Å². The fourth-order valence-electron chi connectivity index (χ4n) is 2.46. The Bertz CT molecular complexity index is 483. The van der Waals surface area contributed by atoms with E-state index >= 15 is 0 Å². The van der Waals surface area contributed by atoms with Crippen LogP contribution in [0.5, 0.6) is 5.75 Å². The molecule has 0 aromatic heterocycles. The molecular formula is C17H25NO3. The van der Waals surface area contributed by atoms with Gasteiger partial charge in [0.05, 0.1) is 13.0 Å². The van der Waals surface area contributed by atoms with Crippen LogP contribution in [0.1, 0.15) is 36.8 Å². The van der Waals surface area contributed by atoms with E-state index in [1.807, 2.05) is 32.0 Å². The summed E-state index contributed by atoms with van der Waals surface area (Å²) in [6, 6.07) is 6.19. The smallest absolute Gasteiger partial charge is 0.223 e. The Balaban J connectivity index is 1.74. The van der Waals surface area contributed by atoms with Crippen LogP contribution in [-0.4, -0.2) is 30.3 Å². The molecular weight excluding hydrogens is 266 g/mol. The van der Waals surface area contributed by atoms with Crippen LogP contribution in [0.4, 0.5) is 0 Å². The maximum absolute atomic E-state index is 11.9. The first-order valence-electron chi connectivity index (χ1n) is 7.70. The van der Waals surface area contributed by atoms with Gasteiger partial charge in [0.15, 0.2) is 0 Å². The maximum Gasteiger partial charge on any atom is 0.223 e. The zero-order valence-electron chi connectivity index (χ0n) is 12.9. The number of amides is 1. The molecule has 1 aromatic carbocycles. The van der Waals surface area contributed by atoms with E-state index in [9.17, 15) is 4.79 Å². The summed E-state index contributed by atoms with van der Waals surface area (Å²) >= 11 is 0. The second-order valence-electron chi connectivity index (χ2n) is 5.89. The maximum atomic E-state index is 11.9.